The van der Waals surface area contributed by atoms with Crippen molar-refractivity contribution in [1.82, 2.24) is 0 Å². The van der Waals surface area contributed by atoms with Crippen molar-refractivity contribution in [3.05, 3.63) is 60.1 Å². The Morgan fingerprint density at radius 2 is 1.45 bits per heavy atom. The molecule has 0 spiro atoms. The van der Waals surface area contributed by atoms with E-state index >= 15 is 0 Å². The Morgan fingerprint density at radius 3 is 1.77 bits per heavy atom. The SMILES string of the molecule is C=C=C1CC2C=CC1C2[Si](Cl)(CC)C1C2C=CC1C(=C=C)C2. The molecule has 4 bridgehead atoms. The molecule has 0 heterocycles. The van der Waals surface area contributed by atoms with Crippen LogP contribution in [0.3, 0.4) is 0 Å². The molecule has 0 aromatic carbocycles. The third-order valence-corrected chi connectivity index (χ3v) is 13.8. The summed E-state index contributed by atoms with van der Waals surface area (Å²) >= 11 is 7.58. The molecule has 2 heteroatoms. The van der Waals surface area contributed by atoms with Crippen molar-refractivity contribution in [2.24, 2.45) is 23.7 Å². The van der Waals surface area contributed by atoms with Crippen molar-refractivity contribution in [1.29, 1.82) is 0 Å². The smallest absolute Gasteiger partial charge is 0.165 e. The van der Waals surface area contributed by atoms with Gasteiger partial charge in [0, 0.05) is 11.8 Å². The molecular weight excluding hydrogens is 304 g/mol. The summed E-state index contributed by atoms with van der Waals surface area (Å²) in [5.74, 6) is 2.30. The van der Waals surface area contributed by atoms with Gasteiger partial charge in [-0.15, -0.1) is 11.5 Å². The number of allylic oxidation sites excluding steroid dienone is 6. The first-order valence-electron chi connectivity index (χ1n) is 8.47. The van der Waals surface area contributed by atoms with E-state index in [-0.39, 0.29) is 0 Å². The van der Waals surface area contributed by atoms with Gasteiger partial charge in [0.15, 0.2) is 7.38 Å². The minimum Gasteiger partial charge on any atom is -0.166 e. The van der Waals surface area contributed by atoms with Crippen molar-refractivity contribution in [3.8, 4) is 0 Å². The van der Waals surface area contributed by atoms with Gasteiger partial charge < -0.3 is 0 Å². The highest BCUT2D eigenvalue weighted by molar-refractivity contribution is 7.22. The fourth-order valence-electron chi connectivity index (χ4n) is 5.75. The molecule has 2 fully saturated rings. The van der Waals surface area contributed by atoms with Crippen LogP contribution in [0, 0.1) is 23.7 Å². The van der Waals surface area contributed by atoms with Gasteiger partial charge in [0.25, 0.3) is 0 Å². The second kappa shape index (κ2) is 5.01. The maximum absolute atomic E-state index is 7.58. The molecule has 4 aliphatic carbocycles. The van der Waals surface area contributed by atoms with Crippen LogP contribution >= 0.6 is 11.1 Å². The van der Waals surface area contributed by atoms with Gasteiger partial charge in [-0.25, -0.2) is 0 Å². The number of hydrogen-bond acceptors (Lipinski definition) is 0. The van der Waals surface area contributed by atoms with Gasteiger partial charge in [0.2, 0.25) is 0 Å². The van der Waals surface area contributed by atoms with Crippen molar-refractivity contribution in [2.45, 2.75) is 36.9 Å². The van der Waals surface area contributed by atoms with Gasteiger partial charge in [0.1, 0.15) is 0 Å². The van der Waals surface area contributed by atoms with E-state index in [9.17, 15) is 0 Å². The summed E-state index contributed by atoms with van der Waals surface area (Å²) in [6.07, 6.45) is 11.9. The van der Waals surface area contributed by atoms with Crippen LogP contribution in [0.4, 0.5) is 0 Å². The average molecular weight is 327 g/mol. The molecule has 0 aromatic heterocycles. The zero-order chi connectivity index (χ0) is 15.5. The van der Waals surface area contributed by atoms with E-state index in [4.69, 9.17) is 11.1 Å². The summed E-state index contributed by atoms with van der Waals surface area (Å²) in [7, 11) is -1.93. The van der Waals surface area contributed by atoms with Crippen LogP contribution in [-0.4, -0.2) is 7.38 Å². The zero-order valence-corrected chi connectivity index (χ0v) is 14.9. The maximum Gasteiger partial charge on any atom is 0.165 e. The Morgan fingerprint density at radius 1 is 1.00 bits per heavy atom. The molecule has 6 unspecified atom stereocenters. The van der Waals surface area contributed by atoms with E-state index in [1.807, 2.05) is 0 Å². The van der Waals surface area contributed by atoms with Crippen LogP contribution in [0.15, 0.2) is 60.1 Å². The van der Waals surface area contributed by atoms with Crippen LogP contribution in [0.1, 0.15) is 19.8 Å². The zero-order valence-electron chi connectivity index (χ0n) is 13.2. The number of rotatable bonds is 3. The fourth-order valence-corrected chi connectivity index (χ4v) is 12.6. The number of hydrogen-bond donors (Lipinski definition) is 0. The molecule has 4 aliphatic rings. The van der Waals surface area contributed by atoms with Gasteiger partial charge >= 0.3 is 0 Å². The quantitative estimate of drug-likeness (QED) is 0.267. The van der Waals surface area contributed by atoms with E-state index in [2.05, 4.69) is 55.8 Å². The summed E-state index contributed by atoms with van der Waals surface area (Å²) in [5, 5.41) is 0. The lowest BCUT2D eigenvalue weighted by molar-refractivity contribution is 0.601. The Bertz CT molecular complexity index is 618. The molecule has 6 atom stereocenters. The molecule has 0 radical (unpaired) electrons. The molecule has 114 valence electrons. The van der Waals surface area contributed by atoms with Crippen LogP contribution in [0.2, 0.25) is 17.1 Å². The van der Waals surface area contributed by atoms with Crippen LogP contribution in [0.5, 0.6) is 0 Å². The lowest BCUT2D eigenvalue weighted by Crippen LogP contribution is -2.43. The van der Waals surface area contributed by atoms with Gasteiger partial charge in [-0.05, 0) is 53.0 Å². The standard InChI is InChI=1S/C20H23ClSi/c1-4-13-11-15-7-9-17(13)19(15)22(21,6-3)20-16-8-10-18(20)14(5-2)12-16/h7-10,15-20H,1-2,6,11-12H2,3H3. The van der Waals surface area contributed by atoms with Crippen LogP contribution in [0.25, 0.3) is 0 Å². The first-order valence-corrected chi connectivity index (χ1v) is 11.8. The van der Waals surface area contributed by atoms with Crippen molar-refractivity contribution < 1.29 is 0 Å². The molecule has 0 nitrogen and oxygen atoms in total. The molecule has 0 amide bonds. The summed E-state index contributed by atoms with van der Waals surface area (Å²) in [6.45, 7) is 10.1. The molecule has 0 saturated heterocycles. The third kappa shape index (κ3) is 1.72. The Labute approximate surface area is 139 Å². The minimum atomic E-state index is -1.93. The van der Waals surface area contributed by atoms with E-state index in [1.165, 1.54) is 11.1 Å². The topological polar surface area (TPSA) is 0 Å². The van der Waals surface area contributed by atoms with Crippen LogP contribution in [-0.2, 0) is 0 Å². The van der Waals surface area contributed by atoms with E-state index in [1.54, 1.807) is 0 Å². The minimum absolute atomic E-state index is 0.516. The largest absolute Gasteiger partial charge is 0.166 e. The normalized spacial score (nSPS) is 43.5. The maximum atomic E-state index is 7.58. The second-order valence-corrected chi connectivity index (χ2v) is 13.3. The Balaban J connectivity index is 1.74. The van der Waals surface area contributed by atoms with Crippen molar-refractivity contribution in [3.63, 3.8) is 0 Å². The summed E-state index contributed by atoms with van der Waals surface area (Å²) in [5.41, 5.74) is 10.5. The summed E-state index contributed by atoms with van der Waals surface area (Å²) < 4.78 is 0. The van der Waals surface area contributed by atoms with Crippen LogP contribution < -0.4 is 0 Å². The third-order valence-electron chi connectivity index (χ3n) is 6.65. The Hall–Kier alpha value is -0.973. The predicted molar refractivity (Wildman–Crippen MR) is 96.4 cm³/mol. The summed E-state index contributed by atoms with van der Waals surface area (Å²) in [6, 6.07) is 1.15. The first kappa shape index (κ1) is 14.6. The molecular formula is C20H23ClSi. The summed E-state index contributed by atoms with van der Waals surface area (Å²) in [4.78, 5) is 0. The van der Waals surface area contributed by atoms with E-state index in [0.717, 1.165) is 18.9 Å². The second-order valence-electron chi connectivity index (χ2n) is 7.29. The number of halogens is 1. The molecule has 22 heavy (non-hydrogen) atoms. The average Bonchev–Trinajstić information content (AvgIpc) is 3.31. The Kier molecular flexibility index (Phi) is 3.33. The fraction of sp³-hybridized carbons (Fsp3) is 0.500. The van der Waals surface area contributed by atoms with Crippen molar-refractivity contribution in [2.75, 3.05) is 0 Å². The lowest BCUT2D eigenvalue weighted by atomic mass is 10.0. The van der Waals surface area contributed by atoms with Gasteiger partial charge in [-0.2, -0.15) is 11.1 Å². The first-order chi connectivity index (χ1) is 10.6. The van der Waals surface area contributed by atoms with Gasteiger partial charge in [0.05, 0.1) is 0 Å². The molecule has 0 aliphatic heterocycles. The van der Waals surface area contributed by atoms with E-state index in [0.29, 0.717) is 34.8 Å². The monoisotopic (exact) mass is 326 g/mol. The molecule has 0 aromatic rings. The highest BCUT2D eigenvalue weighted by Crippen LogP contribution is 2.67. The van der Waals surface area contributed by atoms with Crippen molar-refractivity contribution >= 4 is 18.5 Å². The highest BCUT2D eigenvalue weighted by atomic mass is 35.6. The molecule has 0 N–H and O–H groups in total. The van der Waals surface area contributed by atoms with E-state index < -0.39 is 7.38 Å². The predicted octanol–water partition coefficient (Wildman–Crippen LogP) is 5.77. The van der Waals surface area contributed by atoms with Gasteiger partial charge in [-0.1, -0.05) is 44.4 Å². The van der Waals surface area contributed by atoms with Gasteiger partial charge in [-0.3, -0.25) is 0 Å². The molecule has 4 rings (SSSR count). The number of fused-ring (bicyclic) bond motifs is 4. The highest BCUT2D eigenvalue weighted by Gasteiger charge is 2.61. The lowest BCUT2D eigenvalue weighted by Gasteiger charge is -2.40. The molecule has 2 saturated carbocycles.